The number of benzene rings is 1. The van der Waals surface area contributed by atoms with Crippen molar-refractivity contribution >= 4 is 21.8 Å². The summed E-state index contributed by atoms with van der Waals surface area (Å²) in [5, 5.41) is 13.3. The molecule has 0 bridgehead atoms. The summed E-state index contributed by atoms with van der Waals surface area (Å²) in [6, 6.07) is 4.03. The Morgan fingerprint density at radius 2 is 2.31 bits per heavy atom. The lowest BCUT2D eigenvalue weighted by Crippen LogP contribution is -1.88. The van der Waals surface area contributed by atoms with E-state index in [4.69, 9.17) is 0 Å². The van der Waals surface area contributed by atoms with Crippen molar-refractivity contribution in [2.24, 2.45) is 7.05 Å². The van der Waals surface area contributed by atoms with Crippen LogP contribution in [0.3, 0.4) is 0 Å². The van der Waals surface area contributed by atoms with Gasteiger partial charge in [-0.25, -0.2) is 0 Å². The fraction of sp³-hybridized carbons (Fsp3) is 0.111. The van der Waals surface area contributed by atoms with Gasteiger partial charge in [-0.15, -0.1) is 0 Å². The number of aromatic amines is 1. The number of aromatic nitrogens is 4. The van der Waals surface area contributed by atoms with Gasteiger partial charge in [0.1, 0.15) is 0 Å². The summed E-state index contributed by atoms with van der Waals surface area (Å²) in [5.41, 5.74) is 2.10. The van der Waals surface area contributed by atoms with Crippen LogP contribution in [0.4, 0.5) is 0 Å². The lowest BCUT2D eigenvalue weighted by molar-refractivity contribution is 0.799. The van der Waals surface area contributed by atoms with E-state index in [0.29, 0.717) is 0 Å². The van der Waals surface area contributed by atoms with Gasteiger partial charge in [-0.1, -0.05) is 0 Å². The Labute approximate surface area is 74.2 Å². The first kappa shape index (κ1) is 6.65. The van der Waals surface area contributed by atoms with Gasteiger partial charge >= 0.3 is 0 Å². The zero-order valence-corrected chi connectivity index (χ0v) is 7.15. The molecule has 0 unspecified atom stereocenters. The molecule has 0 saturated carbocycles. The van der Waals surface area contributed by atoms with Crippen molar-refractivity contribution in [1.29, 1.82) is 0 Å². The first-order valence-corrected chi connectivity index (χ1v) is 4.10. The van der Waals surface area contributed by atoms with Gasteiger partial charge in [-0.2, -0.15) is 10.2 Å². The van der Waals surface area contributed by atoms with Crippen LogP contribution in [0, 0.1) is 0 Å². The van der Waals surface area contributed by atoms with Crippen molar-refractivity contribution in [2.45, 2.75) is 0 Å². The Morgan fingerprint density at radius 1 is 1.38 bits per heavy atom. The molecule has 0 radical (unpaired) electrons. The highest BCUT2D eigenvalue weighted by molar-refractivity contribution is 6.03. The maximum atomic E-state index is 4.01. The number of hydrogen-bond donors (Lipinski definition) is 1. The van der Waals surface area contributed by atoms with Crippen molar-refractivity contribution < 1.29 is 0 Å². The van der Waals surface area contributed by atoms with Crippen molar-refractivity contribution in [3.8, 4) is 0 Å². The van der Waals surface area contributed by atoms with E-state index in [1.54, 1.807) is 6.20 Å². The molecule has 0 atom stereocenters. The highest BCUT2D eigenvalue weighted by atomic mass is 15.2. The number of H-pyrrole nitrogens is 1. The van der Waals surface area contributed by atoms with Crippen LogP contribution in [-0.2, 0) is 7.05 Å². The molecule has 0 aliphatic heterocycles. The van der Waals surface area contributed by atoms with E-state index >= 15 is 0 Å². The molecule has 2 aromatic heterocycles. The number of nitrogens with zero attached hydrogens (tertiary/aromatic N) is 3. The van der Waals surface area contributed by atoms with Gasteiger partial charge in [0.05, 0.1) is 17.2 Å². The summed E-state index contributed by atoms with van der Waals surface area (Å²) >= 11 is 0. The standard InChI is InChI=1S/C9H8N4/c1-13-9-6(4-11-13)2-3-8-7(9)5-10-12-8/h2-5,11H,1H3. The summed E-state index contributed by atoms with van der Waals surface area (Å²) in [7, 11) is 1.98. The Kier molecular flexibility index (Phi) is 1.07. The first-order chi connectivity index (χ1) is 6.36. The minimum absolute atomic E-state index is 0.947. The molecule has 0 aliphatic carbocycles. The molecule has 0 saturated heterocycles. The molecule has 2 heterocycles. The van der Waals surface area contributed by atoms with Crippen molar-refractivity contribution in [2.75, 3.05) is 0 Å². The van der Waals surface area contributed by atoms with Gasteiger partial charge in [0, 0.05) is 24.0 Å². The predicted molar refractivity (Wildman–Crippen MR) is 50.4 cm³/mol. The highest BCUT2D eigenvalue weighted by Crippen LogP contribution is 2.22. The van der Waals surface area contributed by atoms with Crippen LogP contribution in [-0.4, -0.2) is 20.0 Å². The van der Waals surface area contributed by atoms with E-state index in [1.807, 2.05) is 30.1 Å². The molecule has 13 heavy (non-hydrogen) atoms. The minimum atomic E-state index is 0.947. The van der Waals surface area contributed by atoms with Crippen LogP contribution >= 0.6 is 0 Å². The highest BCUT2D eigenvalue weighted by Gasteiger charge is 2.05. The molecule has 0 fully saturated rings. The number of fused-ring (bicyclic) bond motifs is 3. The van der Waals surface area contributed by atoms with Gasteiger partial charge in [-0.05, 0) is 12.1 Å². The fourth-order valence-electron chi connectivity index (χ4n) is 1.70. The Balaban J connectivity index is 2.70. The second kappa shape index (κ2) is 2.10. The number of hydrogen-bond acceptors (Lipinski definition) is 2. The second-order valence-corrected chi connectivity index (χ2v) is 3.11. The number of aryl methyl sites for hydroxylation is 1. The van der Waals surface area contributed by atoms with Crippen molar-refractivity contribution in [3.05, 3.63) is 24.5 Å². The van der Waals surface area contributed by atoms with E-state index < -0.39 is 0 Å². The lowest BCUT2D eigenvalue weighted by Gasteiger charge is -1.95. The third-order valence-corrected chi connectivity index (χ3v) is 2.33. The van der Waals surface area contributed by atoms with Crippen LogP contribution in [0.25, 0.3) is 21.8 Å². The fourth-order valence-corrected chi connectivity index (χ4v) is 1.70. The molecule has 1 aromatic carbocycles. The Bertz CT molecular complexity index is 575. The summed E-state index contributed by atoms with van der Waals surface area (Å²) in [6.45, 7) is 0. The molecule has 64 valence electrons. The predicted octanol–water partition coefficient (Wildman–Crippen LogP) is 1.45. The minimum Gasteiger partial charge on any atom is -0.305 e. The number of rotatable bonds is 0. The second-order valence-electron chi connectivity index (χ2n) is 3.11. The Hall–Kier alpha value is -1.84. The van der Waals surface area contributed by atoms with Crippen molar-refractivity contribution in [3.63, 3.8) is 0 Å². The summed E-state index contributed by atoms with van der Waals surface area (Å²) in [6.07, 6.45) is 3.77. The van der Waals surface area contributed by atoms with Gasteiger partial charge < -0.3 is 5.10 Å². The zero-order valence-electron chi connectivity index (χ0n) is 7.15. The largest absolute Gasteiger partial charge is 0.305 e. The SMILES string of the molecule is Cn1[nH]cc2ccc3nncc3c21. The summed E-state index contributed by atoms with van der Waals surface area (Å²) < 4.78 is 1.97. The maximum absolute atomic E-state index is 4.01. The molecule has 0 spiro atoms. The zero-order chi connectivity index (χ0) is 8.84. The van der Waals surface area contributed by atoms with E-state index in [-0.39, 0.29) is 0 Å². The molecule has 4 heteroatoms. The monoisotopic (exact) mass is 172 g/mol. The molecule has 0 amide bonds. The quantitative estimate of drug-likeness (QED) is 0.557. The van der Waals surface area contributed by atoms with Crippen LogP contribution in [0.1, 0.15) is 0 Å². The smallest absolute Gasteiger partial charge is 0.0967 e. The van der Waals surface area contributed by atoms with E-state index in [9.17, 15) is 0 Å². The molecule has 0 aliphatic rings. The summed E-state index contributed by atoms with van der Waals surface area (Å²) in [5.74, 6) is 0. The third kappa shape index (κ3) is 0.744. The van der Waals surface area contributed by atoms with E-state index in [2.05, 4.69) is 15.3 Å². The van der Waals surface area contributed by atoms with Crippen LogP contribution in [0.15, 0.2) is 24.5 Å². The summed E-state index contributed by atoms with van der Waals surface area (Å²) in [4.78, 5) is 0. The van der Waals surface area contributed by atoms with Gasteiger partial charge in [0.25, 0.3) is 0 Å². The molecule has 1 N–H and O–H groups in total. The Morgan fingerprint density at radius 3 is 3.23 bits per heavy atom. The van der Waals surface area contributed by atoms with E-state index in [0.717, 1.165) is 16.4 Å². The van der Waals surface area contributed by atoms with Crippen LogP contribution in [0.5, 0.6) is 0 Å². The van der Waals surface area contributed by atoms with Gasteiger partial charge in [0.2, 0.25) is 0 Å². The van der Waals surface area contributed by atoms with Gasteiger partial charge in [0.15, 0.2) is 0 Å². The average Bonchev–Trinajstić information content (AvgIpc) is 2.70. The molecular formula is C9H8N4. The van der Waals surface area contributed by atoms with E-state index in [1.165, 1.54) is 5.39 Å². The average molecular weight is 172 g/mol. The molecular weight excluding hydrogens is 164 g/mol. The molecule has 4 nitrogen and oxygen atoms in total. The maximum Gasteiger partial charge on any atom is 0.0967 e. The third-order valence-electron chi connectivity index (χ3n) is 2.33. The molecule has 3 aromatic rings. The van der Waals surface area contributed by atoms with Gasteiger partial charge in [-0.3, -0.25) is 4.68 Å². The first-order valence-electron chi connectivity index (χ1n) is 4.10. The lowest BCUT2D eigenvalue weighted by atomic mass is 10.2. The van der Waals surface area contributed by atoms with Crippen LogP contribution < -0.4 is 0 Å². The molecule has 3 rings (SSSR count). The van der Waals surface area contributed by atoms with Crippen LogP contribution in [0.2, 0.25) is 0 Å². The normalized spacial score (nSPS) is 11.5. The number of nitrogens with one attached hydrogen (secondary N) is 1. The topological polar surface area (TPSA) is 46.5 Å². The van der Waals surface area contributed by atoms with Crippen molar-refractivity contribution in [1.82, 2.24) is 20.0 Å².